The minimum atomic E-state index is -5.32. The Balaban J connectivity index is 2.53. The Hall–Kier alpha value is -3.39. The Morgan fingerprint density at radius 2 is 1.69 bits per heavy atom. The second-order valence-corrected chi connectivity index (χ2v) is 10.0. The SMILES string of the molecule is CON(C)C(=O)CN(Cc1c(Br)cc(OCc2ccccc2)c(NC(=O)C(F)(F)F)c1F)C(=O)OC(C)(C)C. The van der Waals surface area contributed by atoms with E-state index in [1.54, 1.807) is 51.1 Å². The average molecular weight is 622 g/mol. The number of hydroxylamine groups is 2. The van der Waals surface area contributed by atoms with Gasteiger partial charge in [-0.2, -0.15) is 13.2 Å². The molecule has 2 rings (SSSR count). The smallest absolute Gasteiger partial charge is 0.471 e. The first-order chi connectivity index (χ1) is 18.0. The largest absolute Gasteiger partial charge is 0.487 e. The minimum Gasteiger partial charge on any atom is -0.487 e. The van der Waals surface area contributed by atoms with Crippen LogP contribution in [0.15, 0.2) is 40.9 Å². The summed E-state index contributed by atoms with van der Waals surface area (Å²) >= 11 is 3.16. The van der Waals surface area contributed by atoms with Crippen LogP contribution in [0.5, 0.6) is 5.75 Å². The molecule has 2 aromatic carbocycles. The fourth-order valence-electron chi connectivity index (χ4n) is 3.00. The van der Waals surface area contributed by atoms with Crippen LogP contribution < -0.4 is 10.1 Å². The highest BCUT2D eigenvalue weighted by Gasteiger charge is 2.40. The van der Waals surface area contributed by atoms with E-state index in [4.69, 9.17) is 14.3 Å². The summed E-state index contributed by atoms with van der Waals surface area (Å²) < 4.78 is 65.8. The van der Waals surface area contributed by atoms with Gasteiger partial charge in [-0.3, -0.25) is 19.3 Å². The summed E-state index contributed by atoms with van der Waals surface area (Å²) in [6.07, 6.45) is -6.33. The number of hydrogen-bond donors (Lipinski definition) is 1. The molecule has 0 unspecified atom stereocenters. The highest BCUT2D eigenvalue weighted by atomic mass is 79.9. The summed E-state index contributed by atoms with van der Waals surface area (Å²) in [6, 6.07) is 9.68. The van der Waals surface area contributed by atoms with Gasteiger partial charge in [0, 0.05) is 17.1 Å². The van der Waals surface area contributed by atoms with Gasteiger partial charge in [-0.25, -0.2) is 14.2 Å². The van der Waals surface area contributed by atoms with Gasteiger partial charge < -0.3 is 14.8 Å². The first-order valence-corrected chi connectivity index (χ1v) is 12.2. The van der Waals surface area contributed by atoms with Crippen molar-refractivity contribution in [2.45, 2.75) is 45.7 Å². The van der Waals surface area contributed by atoms with Gasteiger partial charge in [-0.1, -0.05) is 46.3 Å². The van der Waals surface area contributed by atoms with Crippen molar-refractivity contribution in [1.82, 2.24) is 9.96 Å². The molecule has 0 bridgehead atoms. The van der Waals surface area contributed by atoms with Crippen molar-refractivity contribution in [2.24, 2.45) is 0 Å². The standard InChI is InChI=1S/C25H28BrF4N3O6/c1-24(2,3)39-23(36)33(13-19(34)32(4)37-5)12-16-17(26)11-18(38-14-15-9-7-6-8-10-15)21(20(16)27)31-22(35)25(28,29)30/h6-11H,12-14H2,1-5H3,(H,31,35). The summed E-state index contributed by atoms with van der Waals surface area (Å²) in [6.45, 7) is 3.33. The van der Waals surface area contributed by atoms with E-state index in [0.29, 0.717) is 5.56 Å². The zero-order valence-electron chi connectivity index (χ0n) is 21.8. The van der Waals surface area contributed by atoms with E-state index < -0.39 is 60.0 Å². The molecule has 0 saturated carbocycles. The quantitative estimate of drug-likeness (QED) is 0.296. The van der Waals surface area contributed by atoms with Crippen molar-refractivity contribution in [3.8, 4) is 5.75 Å². The number of likely N-dealkylation sites (N-methyl/N-ethyl adjacent to an activating group) is 1. The molecule has 0 spiro atoms. The van der Waals surface area contributed by atoms with Crippen molar-refractivity contribution in [1.29, 1.82) is 0 Å². The number of anilines is 1. The molecule has 0 aliphatic heterocycles. The number of alkyl halides is 3. The van der Waals surface area contributed by atoms with Gasteiger partial charge in [0.25, 0.3) is 5.91 Å². The fourth-order valence-corrected chi connectivity index (χ4v) is 3.51. The van der Waals surface area contributed by atoms with Crippen LogP contribution in [-0.2, 0) is 32.3 Å². The van der Waals surface area contributed by atoms with Gasteiger partial charge in [0.05, 0.1) is 13.7 Å². The van der Waals surface area contributed by atoms with Crippen molar-refractivity contribution >= 4 is 39.5 Å². The molecule has 0 radical (unpaired) electrons. The molecule has 39 heavy (non-hydrogen) atoms. The van der Waals surface area contributed by atoms with E-state index in [9.17, 15) is 27.6 Å². The maximum absolute atomic E-state index is 15.8. The molecule has 9 nitrogen and oxygen atoms in total. The molecule has 0 aromatic heterocycles. The second-order valence-electron chi connectivity index (χ2n) is 9.16. The lowest BCUT2D eigenvalue weighted by Gasteiger charge is -2.29. The molecule has 0 heterocycles. The third-order valence-electron chi connectivity index (χ3n) is 4.96. The van der Waals surface area contributed by atoms with E-state index in [2.05, 4.69) is 15.9 Å². The number of nitrogens with one attached hydrogen (secondary N) is 1. The number of carbonyl (C=O) groups is 3. The zero-order valence-corrected chi connectivity index (χ0v) is 23.4. The summed E-state index contributed by atoms with van der Waals surface area (Å²) in [4.78, 5) is 42.7. The summed E-state index contributed by atoms with van der Waals surface area (Å²) in [5, 5.41) is 2.35. The fraction of sp³-hybridized carbons (Fsp3) is 0.400. The number of rotatable bonds is 9. The predicted molar refractivity (Wildman–Crippen MR) is 136 cm³/mol. The van der Waals surface area contributed by atoms with Crippen molar-refractivity contribution in [3.63, 3.8) is 0 Å². The zero-order chi connectivity index (χ0) is 29.5. The second kappa shape index (κ2) is 13.1. The third-order valence-corrected chi connectivity index (χ3v) is 5.67. The van der Waals surface area contributed by atoms with Gasteiger partial charge in [0.2, 0.25) is 0 Å². The normalized spacial score (nSPS) is 11.5. The van der Waals surface area contributed by atoms with E-state index in [1.165, 1.54) is 19.5 Å². The Morgan fingerprint density at radius 1 is 1.08 bits per heavy atom. The van der Waals surface area contributed by atoms with Crippen LogP contribution in [0.2, 0.25) is 0 Å². The molecule has 0 aliphatic rings. The van der Waals surface area contributed by atoms with E-state index in [1.807, 2.05) is 0 Å². The number of benzene rings is 2. The lowest BCUT2D eigenvalue weighted by molar-refractivity contribution is -0.169. The summed E-state index contributed by atoms with van der Waals surface area (Å²) in [5.74, 6) is -4.84. The number of nitrogens with zero attached hydrogens (tertiary/aromatic N) is 2. The Bertz CT molecular complexity index is 1190. The number of amides is 3. The Labute approximate surface area is 231 Å². The van der Waals surface area contributed by atoms with Gasteiger partial charge in [0.15, 0.2) is 5.82 Å². The lowest BCUT2D eigenvalue weighted by atomic mass is 10.1. The van der Waals surface area contributed by atoms with Crippen molar-refractivity contribution in [2.75, 3.05) is 26.0 Å². The number of carbonyl (C=O) groups excluding carboxylic acids is 3. The van der Waals surface area contributed by atoms with Crippen LogP contribution >= 0.6 is 15.9 Å². The van der Waals surface area contributed by atoms with E-state index in [-0.39, 0.29) is 16.6 Å². The topological polar surface area (TPSA) is 97.4 Å². The maximum Gasteiger partial charge on any atom is 0.471 e. The molecule has 2 aromatic rings. The van der Waals surface area contributed by atoms with Gasteiger partial charge in [-0.15, -0.1) is 0 Å². The van der Waals surface area contributed by atoms with Gasteiger partial charge >= 0.3 is 18.2 Å². The van der Waals surface area contributed by atoms with Gasteiger partial charge in [0.1, 0.15) is 30.2 Å². The Kier molecular flexibility index (Phi) is 10.7. The van der Waals surface area contributed by atoms with Crippen LogP contribution in [0.3, 0.4) is 0 Å². The van der Waals surface area contributed by atoms with Crippen LogP contribution in [0.25, 0.3) is 0 Å². The minimum absolute atomic E-state index is 0.00540. The molecule has 0 fully saturated rings. The van der Waals surface area contributed by atoms with Crippen LogP contribution in [-0.4, -0.2) is 60.4 Å². The highest BCUT2D eigenvalue weighted by Crippen LogP contribution is 2.38. The van der Waals surface area contributed by atoms with Crippen LogP contribution in [0.1, 0.15) is 31.9 Å². The van der Waals surface area contributed by atoms with Crippen LogP contribution in [0, 0.1) is 5.82 Å². The molecule has 0 atom stereocenters. The van der Waals surface area contributed by atoms with Crippen LogP contribution in [0.4, 0.5) is 28.0 Å². The molecule has 14 heteroatoms. The lowest BCUT2D eigenvalue weighted by Crippen LogP contribution is -2.43. The van der Waals surface area contributed by atoms with E-state index in [0.717, 1.165) is 16.0 Å². The molecule has 214 valence electrons. The van der Waals surface area contributed by atoms with Gasteiger partial charge in [-0.05, 0) is 32.4 Å². The molecule has 0 aliphatic carbocycles. The maximum atomic E-state index is 15.8. The third kappa shape index (κ3) is 9.39. The molecular formula is C25H28BrF4N3O6. The van der Waals surface area contributed by atoms with Crippen molar-refractivity contribution < 1.29 is 46.3 Å². The molecular weight excluding hydrogens is 594 g/mol. The average Bonchev–Trinajstić information content (AvgIpc) is 2.84. The molecule has 1 N–H and O–H groups in total. The Morgan fingerprint density at radius 3 is 2.23 bits per heavy atom. The molecule has 3 amide bonds. The number of hydrogen-bond acceptors (Lipinski definition) is 6. The summed E-state index contributed by atoms with van der Waals surface area (Å²) in [7, 11) is 2.51. The van der Waals surface area contributed by atoms with E-state index >= 15 is 4.39 Å². The van der Waals surface area contributed by atoms with Crippen molar-refractivity contribution in [3.05, 3.63) is 57.8 Å². The number of halogens is 5. The monoisotopic (exact) mass is 621 g/mol. The highest BCUT2D eigenvalue weighted by molar-refractivity contribution is 9.10. The molecule has 0 saturated heterocycles. The number of ether oxygens (including phenoxy) is 2. The summed E-state index contributed by atoms with van der Waals surface area (Å²) in [5.41, 5.74) is -1.60. The first kappa shape index (κ1) is 31.8. The first-order valence-electron chi connectivity index (χ1n) is 11.4. The predicted octanol–water partition coefficient (Wildman–Crippen LogP) is 5.42.